The number of benzene rings is 2. The molecule has 2 N–H and O–H groups in total. The number of hydrogen-bond acceptors (Lipinski definition) is 5. The second-order valence-corrected chi connectivity index (χ2v) is 4.57. The predicted molar refractivity (Wildman–Crippen MR) is 80.8 cm³/mol. The van der Waals surface area contributed by atoms with E-state index in [2.05, 4.69) is 20.7 Å². The Bertz CT molecular complexity index is 754. The Kier molecular flexibility index (Phi) is 3.59. The zero-order chi connectivity index (χ0) is 14.7. The maximum Gasteiger partial charge on any atom is 0.162 e. The van der Waals surface area contributed by atoms with E-state index in [1.54, 1.807) is 14.2 Å². The average Bonchev–Trinajstić information content (AvgIpc) is 3.00. The van der Waals surface area contributed by atoms with Crippen molar-refractivity contribution in [3.05, 3.63) is 42.0 Å². The van der Waals surface area contributed by atoms with Gasteiger partial charge in [0.05, 0.1) is 14.2 Å². The normalized spacial score (nSPS) is 10.6. The monoisotopic (exact) mass is 284 g/mol. The molecule has 2 aromatic carbocycles. The number of aromatic amines is 1. The van der Waals surface area contributed by atoms with Crippen LogP contribution in [0.15, 0.2) is 36.4 Å². The van der Waals surface area contributed by atoms with Gasteiger partial charge in [0.25, 0.3) is 0 Å². The maximum atomic E-state index is 5.29. The number of rotatable bonds is 5. The van der Waals surface area contributed by atoms with Crippen molar-refractivity contribution in [3.63, 3.8) is 0 Å². The van der Waals surface area contributed by atoms with Crippen LogP contribution in [-0.4, -0.2) is 29.6 Å². The molecule has 1 heterocycles. The van der Waals surface area contributed by atoms with Crippen LogP contribution in [0.1, 0.15) is 5.56 Å². The second kappa shape index (κ2) is 5.70. The minimum atomic E-state index is 0.693. The predicted octanol–water partition coefficient (Wildman–Crippen LogP) is 2.59. The molecule has 0 aliphatic carbocycles. The first kappa shape index (κ1) is 13.2. The van der Waals surface area contributed by atoms with Gasteiger partial charge in [-0.25, -0.2) is 0 Å². The van der Waals surface area contributed by atoms with E-state index >= 15 is 0 Å². The molecule has 0 bridgehead atoms. The summed E-state index contributed by atoms with van der Waals surface area (Å²) in [5, 5.41) is 14.1. The van der Waals surface area contributed by atoms with Crippen LogP contribution in [0.4, 0.5) is 5.69 Å². The van der Waals surface area contributed by atoms with E-state index in [1.807, 2.05) is 36.4 Å². The zero-order valence-electron chi connectivity index (χ0n) is 11.9. The molecule has 1 aromatic heterocycles. The topological polar surface area (TPSA) is 72.1 Å². The highest BCUT2D eigenvalue weighted by molar-refractivity contribution is 5.74. The number of nitrogens with one attached hydrogen (secondary N) is 2. The number of hydrogen-bond donors (Lipinski definition) is 2. The lowest BCUT2D eigenvalue weighted by Crippen LogP contribution is -2.00. The fraction of sp³-hybridized carbons (Fsp3) is 0.200. The molecule has 21 heavy (non-hydrogen) atoms. The van der Waals surface area contributed by atoms with Gasteiger partial charge in [-0.15, -0.1) is 0 Å². The molecule has 6 nitrogen and oxygen atoms in total. The van der Waals surface area contributed by atoms with Crippen molar-refractivity contribution in [2.75, 3.05) is 19.5 Å². The van der Waals surface area contributed by atoms with Crippen molar-refractivity contribution in [1.82, 2.24) is 15.4 Å². The summed E-state index contributed by atoms with van der Waals surface area (Å²) in [5.41, 5.74) is 3.82. The molecule has 0 amide bonds. The lowest BCUT2D eigenvalue weighted by atomic mass is 10.2. The molecule has 0 aliphatic heterocycles. The highest BCUT2D eigenvalue weighted by atomic mass is 16.5. The second-order valence-electron chi connectivity index (χ2n) is 4.57. The Balaban J connectivity index is 1.74. The van der Waals surface area contributed by atoms with Crippen LogP contribution in [0, 0.1) is 0 Å². The summed E-state index contributed by atoms with van der Waals surface area (Å²) in [6.45, 7) is 0.693. The van der Waals surface area contributed by atoms with Gasteiger partial charge in [0.1, 0.15) is 11.0 Å². The Morgan fingerprint density at radius 3 is 2.57 bits per heavy atom. The van der Waals surface area contributed by atoms with Crippen LogP contribution in [0.25, 0.3) is 11.0 Å². The Morgan fingerprint density at radius 1 is 0.952 bits per heavy atom. The summed E-state index contributed by atoms with van der Waals surface area (Å²) < 4.78 is 10.5. The van der Waals surface area contributed by atoms with E-state index in [4.69, 9.17) is 9.47 Å². The minimum Gasteiger partial charge on any atom is -0.493 e. The molecule has 0 fully saturated rings. The average molecular weight is 284 g/mol. The molecule has 3 aromatic rings. The summed E-state index contributed by atoms with van der Waals surface area (Å²) in [6.07, 6.45) is 0. The van der Waals surface area contributed by atoms with E-state index in [-0.39, 0.29) is 0 Å². The highest BCUT2D eigenvalue weighted by Gasteiger charge is 2.05. The number of aromatic nitrogens is 3. The number of anilines is 1. The summed E-state index contributed by atoms with van der Waals surface area (Å²) in [7, 11) is 3.25. The smallest absolute Gasteiger partial charge is 0.162 e. The third-order valence-corrected chi connectivity index (χ3v) is 3.26. The Labute approximate surface area is 122 Å². The van der Waals surface area contributed by atoms with Crippen LogP contribution in [0.5, 0.6) is 11.5 Å². The SMILES string of the molecule is COc1ccc(NCc2ccc3n[nH]nc3c2)cc1OC. The van der Waals surface area contributed by atoms with Crippen molar-refractivity contribution in [2.45, 2.75) is 6.54 Å². The van der Waals surface area contributed by atoms with Gasteiger partial charge in [-0.3, -0.25) is 0 Å². The van der Waals surface area contributed by atoms with Gasteiger partial charge in [-0.1, -0.05) is 6.07 Å². The highest BCUT2D eigenvalue weighted by Crippen LogP contribution is 2.29. The fourth-order valence-electron chi connectivity index (χ4n) is 2.15. The van der Waals surface area contributed by atoms with Crippen LogP contribution in [0.3, 0.4) is 0 Å². The van der Waals surface area contributed by atoms with Gasteiger partial charge in [-0.2, -0.15) is 15.4 Å². The number of H-pyrrole nitrogens is 1. The van der Waals surface area contributed by atoms with Gasteiger partial charge < -0.3 is 14.8 Å². The molecule has 3 rings (SSSR count). The number of ether oxygens (including phenoxy) is 2. The van der Waals surface area contributed by atoms with E-state index < -0.39 is 0 Å². The first-order chi connectivity index (χ1) is 10.3. The van der Waals surface area contributed by atoms with Crippen molar-refractivity contribution in [2.24, 2.45) is 0 Å². The molecule has 0 spiro atoms. The lowest BCUT2D eigenvalue weighted by molar-refractivity contribution is 0.355. The Morgan fingerprint density at radius 2 is 1.76 bits per heavy atom. The number of fused-ring (bicyclic) bond motifs is 1. The molecule has 108 valence electrons. The Hall–Kier alpha value is -2.76. The van der Waals surface area contributed by atoms with Crippen molar-refractivity contribution in [3.8, 4) is 11.5 Å². The first-order valence-electron chi connectivity index (χ1n) is 6.55. The standard InChI is InChI=1S/C15H16N4O2/c1-20-14-6-4-11(8-15(14)21-2)16-9-10-3-5-12-13(7-10)18-19-17-12/h3-8,16H,9H2,1-2H3,(H,17,18,19). The van der Waals surface area contributed by atoms with E-state index in [0.29, 0.717) is 18.0 Å². The van der Waals surface area contributed by atoms with Gasteiger partial charge in [0, 0.05) is 18.3 Å². The van der Waals surface area contributed by atoms with Crippen molar-refractivity contribution in [1.29, 1.82) is 0 Å². The van der Waals surface area contributed by atoms with Crippen LogP contribution in [0.2, 0.25) is 0 Å². The molecular weight excluding hydrogens is 268 g/mol. The lowest BCUT2D eigenvalue weighted by Gasteiger charge is -2.11. The summed E-state index contributed by atoms with van der Waals surface area (Å²) in [5.74, 6) is 1.42. The van der Waals surface area contributed by atoms with Crippen LogP contribution in [-0.2, 0) is 6.54 Å². The quantitative estimate of drug-likeness (QED) is 0.753. The first-order valence-corrected chi connectivity index (χ1v) is 6.55. The maximum absolute atomic E-state index is 5.29. The fourth-order valence-corrected chi connectivity index (χ4v) is 2.15. The third kappa shape index (κ3) is 2.74. The zero-order valence-corrected chi connectivity index (χ0v) is 11.9. The largest absolute Gasteiger partial charge is 0.493 e. The van der Waals surface area contributed by atoms with E-state index in [9.17, 15) is 0 Å². The third-order valence-electron chi connectivity index (χ3n) is 3.26. The number of methoxy groups -OCH3 is 2. The van der Waals surface area contributed by atoms with Crippen LogP contribution < -0.4 is 14.8 Å². The molecule has 6 heteroatoms. The van der Waals surface area contributed by atoms with Gasteiger partial charge >= 0.3 is 0 Å². The summed E-state index contributed by atoms with van der Waals surface area (Å²) in [6, 6.07) is 11.7. The van der Waals surface area contributed by atoms with E-state index in [0.717, 1.165) is 22.3 Å². The van der Waals surface area contributed by atoms with Gasteiger partial charge in [0.2, 0.25) is 0 Å². The van der Waals surface area contributed by atoms with Crippen molar-refractivity contribution < 1.29 is 9.47 Å². The molecular formula is C15H16N4O2. The van der Waals surface area contributed by atoms with Gasteiger partial charge in [0.15, 0.2) is 11.5 Å². The van der Waals surface area contributed by atoms with E-state index in [1.165, 1.54) is 0 Å². The molecule has 0 aliphatic rings. The summed E-state index contributed by atoms with van der Waals surface area (Å²) >= 11 is 0. The van der Waals surface area contributed by atoms with Crippen LogP contribution >= 0.6 is 0 Å². The molecule has 0 atom stereocenters. The molecule has 0 unspecified atom stereocenters. The number of nitrogens with zero attached hydrogens (tertiary/aromatic N) is 2. The summed E-state index contributed by atoms with van der Waals surface area (Å²) in [4.78, 5) is 0. The van der Waals surface area contributed by atoms with Crippen molar-refractivity contribution >= 4 is 16.7 Å². The van der Waals surface area contributed by atoms with Gasteiger partial charge in [-0.05, 0) is 29.8 Å². The minimum absolute atomic E-state index is 0.693. The molecule has 0 radical (unpaired) electrons. The molecule has 0 saturated heterocycles. The molecule has 0 saturated carbocycles.